The quantitative estimate of drug-likeness (QED) is 0.585. The van der Waals surface area contributed by atoms with E-state index in [4.69, 9.17) is 10.5 Å². The predicted molar refractivity (Wildman–Crippen MR) is 37.4 cm³/mol. The van der Waals surface area contributed by atoms with Gasteiger partial charge in [-0.05, 0) is 19.9 Å². The molecular formula is C5H14ClNO. The summed E-state index contributed by atoms with van der Waals surface area (Å²) in [4.78, 5) is 0. The van der Waals surface area contributed by atoms with Gasteiger partial charge in [-0.3, -0.25) is 0 Å². The number of rotatable bonds is 4. The van der Waals surface area contributed by atoms with Gasteiger partial charge in [-0.1, -0.05) is 0 Å². The van der Waals surface area contributed by atoms with Crippen LogP contribution in [0.3, 0.4) is 0 Å². The molecule has 52 valence electrons. The van der Waals surface area contributed by atoms with Crippen LogP contribution in [-0.4, -0.2) is 19.8 Å². The van der Waals surface area contributed by atoms with Crippen LogP contribution < -0.4 is 5.73 Å². The highest BCUT2D eigenvalue weighted by Crippen LogP contribution is 1.75. The minimum atomic E-state index is 0. The number of nitrogens with two attached hydrogens (primary N) is 1. The average molecular weight is 140 g/mol. The summed E-state index contributed by atoms with van der Waals surface area (Å²) < 4.78 is 4.99. The molecule has 0 amide bonds. The van der Waals surface area contributed by atoms with Gasteiger partial charge in [-0.25, -0.2) is 0 Å². The van der Waals surface area contributed by atoms with Gasteiger partial charge in [0.2, 0.25) is 0 Å². The smallest absolute Gasteiger partial charge is 0.0477 e. The Morgan fingerprint density at radius 1 is 1.50 bits per heavy atom. The van der Waals surface area contributed by atoms with Crippen LogP contribution in [0.1, 0.15) is 13.3 Å². The van der Waals surface area contributed by atoms with E-state index in [2.05, 4.69) is 0 Å². The molecule has 2 N–H and O–H groups in total. The van der Waals surface area contributed by atoms with E-state index in [-0.39, 0.29) is 12.4 Å². The van der Waals surface area contributed by atoms with Crippen LogP contribution in [0.25, 0.3) is 0 Å². The van der Waals surface area contributed by atoms with Crippen LogP contribution in [0.2, 0.25) is 0 Å². The van der Waals surface area contributed by atoms with Crippen molar-refractivity contribution in [2.24, 2.45) is 5.73 Å². The molecule has 8 heavy (non-hydrogen) atoms. The number of hydrogen-bond donors (Lipinski definition) is 1. The van der Waals surface area contributed by atoms with Gasteiger partial charge in [0.25, 0.3) is 0 Å². The minimum absolute atomic E-state index is 0. The van der Waals surface area contributed by atoms with Crippen molar-refractivity contribution in [2.45, 2.75) is 13.3 Å². The highest BCUT2D eigenvalue weighted by Gasteiger charge is 1.78. The Balaban J connectivity index is 0. The lowest BCUT2D eigenvalue weighted by atomic mass is 10.5. The molecule has 0 aromatic rings. The molecule has 0 fully saturated rings. The van der Waals surface area contributed by atoms with Gasteiger partial charge >= 0.3 is 0 Å². The molecule has 0 unspecified atom stereocenters. The standard InChI is InChI=1S/C5H13NO.ClH/c1-2-7-5-3-4-6;/h2-6H2,1H3;1H. The first kappa shape index (κ1) is 11.1. The van der Waals surface area contributed by atoms with Crippen molar-refractivity contribution in [1.82, 2.24) is 0 Å². The van der Waals surface area contributed by atoms with Gasteiger partial charge in [0.15, 0.2) is 0 Å². The van der Waals surface area contributed by atoms with Crippen molar-refractivity contribution in [3.8, 4) is 0 Å². The molecule has 0 bridgehead atoms. The van der Waals surface area contributed by atoms with Crippen molar-refractivity contribution in [1.29, 1.82) is 0 Å². The molecule has 0 aliphatic rings. The van der Waals surface area contributed by atoms with E-state index in [0.717, 1.165) is 26.2 Å². The molecule has 3 heteroatoms. The summed E-state index contributed by atoms with van der Waals surface area (Å²) in [7, 11) is 0. The Morgan fingerprint density at radius 3 is 2.50 bits per heavy atom. The molecule has 0 heterocycles. The van der Waals surface area contributed by atoms with E-state index < -0.39 is 0 Å². The lowest BCUT2D eigenvalue weighted by molar-refractivity contribution is 0.146. The maximum absolute atomic E-state index is 5.19. The molecule has 0 aromatic carbocycles. The molecule has 0 saturated carbocycles. The maximum Gasteiger partial charge on any atom is 0.0477 e. The summed E-state index contributed by atoms with van der Waals surface area (Å²) in [6.07, 6.45) is 0.980. The van der Waals surface area contributed by atoms with Crippen LogP contribution >= 0.6 is 12.4 Å². The zero-order chi connectivity index (χ0) is 5.54. The summed E-state index contributed by atoms with van der Waals surface area (Å²) in [5, 5.41) is 0. The van der Waals surface area contributed by atoms with Crippen molar-refractivity contribution in [3.63, 3.8) is 0 Å². The Morgan fingerprint density at radius 2 is 2.12 bits per heavy atom. The van der Waals surface area contributed by atoms with E-state index in [1.54, 1.807) is 0 Å². The first-order valence-corrected chi connectivity index (χ1v) is 2.69. The minimum Gasteiger partial charge on any atom is -0.382 e. The predicted octanol–water partition coefficient (Wildman–Crippen LogP) is 0.793. The fourth-order valence-electron chi connectivity index (χ4n) is 0.330. The third kappa shape index (κ3) is 9.51. The molecule has 0 aliphatic heterocycles. The number of halogens is 1. The van der Waals surface area contributed by atoms with Crippen LogP contribution in [0.5, 0.6) is 0 Å². The van der Waals surface area contributed by atoms with E-state index in [1.807, 2.05) is 6.92 Å². The number of hydrogen-bond acceptors (Lipinski definition) is 2. The average Bonchev–Trinajstić information content (AvgIpc) is 1.69. The normalized spacial score (nSPS) is 8.25. The topological polar surface area (TPSA) is 35.2 Å². The number of ether oxygens (including phenoxy) is 1. The fourth-order valence-corrected chi connectivity index (χ4v) is 0.330. The summed E-state index contributed by atoms with van der Waals surface area (Å²) in [6.45, 7) is 4.34. The van der Waals surface area contributed by atoms with Gasteiger partial charge in [0.1, 0.15) is 0 Å². The second kappa shape index (κ2) is 10.2. The molecule has 0 atom stereocenters. The van der Waals surface area contributed by atoms with Crippen molar-refractivity contribution in [3.05, 3.63) is 0 Å². The first-order valence-electron chi connectivity index (χ1n) is 2.69. The van der Waals surface area contributed by atoms with Crippen molar-refractivity contribution < 1.29 is 4.74 Å². The zero-order valence-electron chi connectivity index (χ0n) is 5.22. The largest absolute Gasteiger partial charge is 0.382 e. The zero-order valence-corrected chi connectivity index (χ0v) is 6.04. The monoisotopic (exact) mass is 139 g/mol. The van der Waals surface area contributed by atoms with Crippen molar-refractivity contribution >= 4 is 12.4 Å². The van der Waals surface area contributed by atoms with Crippen LogP contribution in [-0.2, 0) is 4.74 Å². The molecule has 0 saturated heterocycles. The van der Waals surface area contributed by atoms with Gasteiger partial charge in [0, 0.05) is 13.2 Å². The molecule has 0 aliphatic carbocycles. The van der Waals surface area contributed by atoms with Crippen LogP contribution in [0.15, 0.2) is 0 Å². The van der Waals surface area contributed by atoms with E-state index in [9.17, 15) is 0 Å². The van der Waals surface area contributed by atoms with E-state index in [1.165, 1.54) is 0 Å². The third-order valence-corrected chi connectivity index (χ3v) is 0.697. The third-order valence-electron chi connectivity index (χ3n) is 0.697. The van der Waals surface area contributed by atoms with Crippen LogP contribution in [0.4, 0.5) is 0 Å². The van der Waals surface area contributed by atoms with E-state index in [0.29, 0.717) is 0 Å². The van der Waals surface area contributed by atoms with E-state index >= 15 is 0 Å². The molecule has 2 nitrogen and oxygen atoms in total. The van der Waals surface area contributed by atoms with Crippen LogP contribution in [0, 0.1) is 0 Å². The second-order valence-corrected chi connectivity index (χ2v) is 1.34. The first-order chi connectivity index (χ1) is 3.41. The van der Waals surface area contributed by atoms with Gasteiger partial charge in [-0.15, -0.1) is 12.4 Å². The second-order valence-electron chi connectivity index (χ2n) is 1.34. The highest BCUT2D eigenvalue weighted by atomic mass is 35.5. The van der Waals surface area contributed by atoms with Gasteiger partial charge < -0.3 is 10.5 Å². The fraction of sp³-hybridized carbons (Fsp3) is 1.00. The Bertz CT molecular complexity index is 31.6. The van der Waals surface area contributed by atoms with Gasteiger partial charge in [0.05, 0.1) is 0 Å². The summed E-state index contributed by atoms with van der Waals surface area (Å²) in [6, 6.07) is 0. The van der Waals surface area contributed by atoms with Crippen molar-refractivity contribution in [2.75, 3.05) is 19.8 Å². The maximum atomic E-state index is 5.19. The summed E-state index contributed by atoms with van der Waals surface area (Å²) in [5.74, 6) is 0. The summed E-state index contributed by atoms with van der Waals surface area (Å²) >= 11 is 0. The SMILES string of the molecule is CCOCCCN.Cl. The van der Waals surface area contributed by atoms with Gasteiger partial charge in [-0.2, -0.15) is 0 Å². The molecule has 0 radical (unpaired) electrons. The Kier molecular flexibility index (Phi) is 14.2. The lowest BCUT2D eigenvalue weighted by Crippen LogP contribution is -2.03. The highest BCUT2D eigenvalue weighted by molar-refractivity contribution is 5.85. The lowest BCUT2D eigenvalue weighted by Gasteiger charge is -1.94. The summed E-state index contributed by atoms with van der Waals surface area (Å²) in [5.41, 5.74) is 5.19. The molecular weight excluding hydrogens is 126 g/mol. The molecule has 0 aromatic heterocycles. The Hall–Kier alpha value is 0.210. The Labute approximate surface area is 56.8 Å². The molecule has 0 rings (SSSR count). The molecule has 0 spiro atoms.